The third-order valence-corrected chi connectivity index (χ3v) is 3.24. The van der Waals surface area contributed by atoms with E-state index in [1.54, 1.807) is 0 Å². The molecule has 1 aliphatic rings. The number of hydrogen-bond donors (Lipinski definition) is 0. The Bertz CT molecular complexity index is 403. The molecule has 1 aliphatic heterocycles. The van der Waals surface area contributed by atoms with Crippen LogP contribution in [0.1, 0.15) is 43.7 Å². The molecular formula is C13H20N2O3. The Kier molecular flexibility index (Phi) is 4.36. The van der Waals surface area contributed by atoms with Crippen molar-refractivity contribution in [3.05, 3.63) is 17.5 Å². The number of piperidine rings is 1. The summed E-state index contributed by atoms with van der Waals surface area (Å²) in [5.74, 6) is 0.829. The van der Waals surface area contributed by atoms with Crippen LogP contribution in [0.3, 0.4) is 0 Å². The van der Waals surface area contributed by atoms with Crippen molar-refractivity contribution in [2.24, 2.45) is 0 Å². The van der Waals surface area contributed by atoms with Crippen LogP contribution in [0.5, 0.6) is 0 Å². The van der Waals surface area contributed by atoms with E-state index in [2.05, 4.69) is 5.16 Å². The van der Waals surface area contributed by atoms with Crippen LogP contribution in [0.2, 0.25) is 0 Å². The van der Waals surface area contributed by atoms with Crippen molar-refractivity contribution >= 4 is 5.91 Å². The second kappa shape index (κ2) is 6.00. The molecule has 0 unspecified atom stereocenters. The zero-order valence-corrected chi connectivity index (χ0v) is 11.0. The summed E-state index contributed by atoms with van der Waals surface area (Å²) in [4.78, 5) is 14.0. The first-order valence-electron chi connectivity index (χ1n) is 6.52. The Morgan fingerprint density at radius 1 is 1.61 bits per heavy atom. The van der Waals surface area contributed by atoms with Crippen molar-refractivity contribution in [2.45, 2.75) is 39.2 Å². The lowest BCUT2D eigenvalue weighted by Gasteiger charge is -2.34. The number of aromatic nitrogens is 1. The fourth-order valence-electron chi connectivity index (χ4n) is 2.35. The van der Waals surface area contributed by atoms with Crippen LogP contribution < -0.4 is 0 Å². The van der Waals surface area contributed by atoms with Crippen LogP contribution in [-0.2, 0) is 9.53 Å². The average Bonchev–Trinajstić information content (AvgIpc) is 2.82. The molecule has 0 aromatic carbocycles. The molecule has 1 atom stereocenters. The molecule has 0 spiro atoms. The monoisotopic (exact) mass is 252 g/mol. The highest BCUT2D eigenvalue weighted by Crippen LogP contribution is 2.30. The van der Waals surface area contributed by atoms with Gasteiger partial charge in [-0.15, -0.1) is 0 Å². The first kappa shape index (κ1) is 13.1. The first-order valence-corrected chi connectivity index (χ1v) is 6.52. The fourth-order valence-corrected chi connectivity index (χ4v) is 2.35. The number of ether oxygens (including phenoxy) is 1. The van der Waals surface area contributed by atoms with Crippen LogP contribution in [0.4, 0.5) is 0 Å². The largest absolute Gasteiger partial charge is 0.372 e. The normalized spacial score (nSPS) is 20.1. The molecule has 5 heteroatoms. The third kappa shape index (κ3) is 2.90. The summed E-state index contributed by atoms with van der Waals surface area (Å²) in [6.45, 7) is 5.26. The van der Waals surface area contributed by atoms with Gasteiger partial charge in [-0.05, 0) is 33.1 Å². The molecule has 2 rings (SSSR count). The van der Waals surface area contributed by atoms with Gasteiger partial charge in [-0.3, -0.25) is 4.79 Å². The highest BCUT2D eigenvalue weighted by atomic mass is 16.5. The predicted octanol–water partition coefficient (Wildman–Crippen LogP) is 2.07. The Morgan fingerprint density at radius 2 is 2.44 bits per heavy atom. The van der Waals surface area contributed by atoms with E-state index in [0.717, 1.165) is 37.3 Å². The molecule has 0 saturated carbocycles. The maximum atomic E-state index is 12.1. The average molecular weight is 252 g/mol. The molecule has 0 bridgehead atoms. The summed E-state index contributed by atoms with van der Waals surface area (Å²) in [5.41, 5.74) is 0.858. The molecule has 2 heterocycles. The van der Waals surface area contributed by atoms with Gasteiger partial charge in [0.1, 0.15) is 18.1 Å². The Morgan fingerprint density at radius 3 is 3.11 bits per heavy atom. The summed E-state index contributed by atoms with van der Waals surface area (Å²) in [6, 6.07) is 1.96. The van der Waals surface area contributed by atoms with Crippen LogP contribution in [0.25, 0.3) is 0 Å². The van der Waals surface area contributed by atoms with Crippen molar-refractivity contribution in [3.8, 4) is 0 Å². The molecule has 0 radical (unpaired) electrons. The zero-order chi connectivity index (χ0) is 13.0. The van der Waals surface area contributed by atoms with Gasteiger partial charge in [0.15, 0.2) is 0 Å². The number of carbonyl (C=O) groups excluding carboxylic acids is 1. The summed E-state index contributed by atoms with van der Waals surface area (Å²) < 4.78 is 10.3. The van der Waals surface area contributed by atoms with Gasteiger partial charge in [-0.1, -0.05) is 5.16 Å². The first-order chi connectivity index (χ1) is 8.72. The van der Waals surface area contributed by atoms with E-state index in [-0.39, 0.29) is 18.6 Å². The van der Waals surface area contributed by atoms with Crippen molar-refractivity contribution in [1.82, 2.24) is 10.1 Å². The third-order valence-electron chi connectivity index (χ3n) is 3.24. The molecule has 100 valence electrons. The molecule has 18 heavy (non-hydrogen) atoms. The second-order valence-corrected chi connectivity index (χ2v) is 4.60. The minimum atomic E-state index is 0.0437. The molecule has 1 saturated heterocycles. The summed E-state index contributed by atoms with van der Waals surface area (Å²) in [7, 11) is 0. The van der Waals surface area contributed by atoms with Crippen molar-refractivity contribution in [2.75, 3.05) is 19.8 Å². The van der Waals surface area contributed by atoms with Crippen molar-refractivity contribution < 1.29 is 14.1 Å². The van der Waals surface area contributed by atoms with Gasteiger partial charge in [-0.25, -0.2) is 0 Å². The highest BCUT2D eigenvalue weighted by molar-refractivity contribution is 5.78. The molecule has 1 amide bonds. The van der Waals surface area contributed by atoms with Gasteiger partial charge in [0, 0.05) is 19.2 Å². The van der Waals surface area contributed by atoms with Gasteiger partial charge in [0.25, 0.3) is 0 Å². The molecule has 1 aromatic heterocycles. The molecular weight excluding hydrogens is 232 g/mol. The molecule has 1 fully saturated rings. The Hall–Kier alpha value is -1.36. The van der Waals surface area contributed by atoms with Gasteiger partial charge < -0.3 is 14.2 Å². The molecule has 0 N–H and O–H groups in total. The summed E-state index contributed by atoms with van der Waals surface area (Å²) in [6.07, 6.45) is 3.12. The van der Waals surface area contributed by atoms with Crippen LogP contribution in [0, 0.1) is 6.92 Å². The lowest BCUT2D eigenvalue weighted by molar-refractivity contribution is -0.140. The van der Waals surface area contributed by atoms with Gasteiger partial charge in [0.2, 0.25) is 5.91 Å². The van der Waals surface area contributed by atoms with E-state index < -0.39 is 0 Å². The maximum absolute atomic E-state index is 12.1. The van der Waals surface area contributed by atoms with E-state index in [9.17, 15) is 4.79 Å². The highest BCUT2D eigenvalue weighted by Gasteiger charge is 2.29. The minimum absolute atomic E-state index is 0.0437. The molecule has 1 aromatic rings. The topological polar surface area (TPSA) is 55.6 Å². The number of carbonyl (C=O) groups is 1. The standard InChI is InChI=1S/C13H20N2O3/c1-3-17-9-13(16)15-7-5-4-6-12(15)11-8-10(2)18-14-11/h8,12H,3-7,9H2,1-2H3/t12-/m0/s1. The van der Waals surface area contributed by atoms with E-state index in [4.69, 9.17) is 9.26 Å². The number of hydrogen-bond acceptors (Lipinski definition) is 4. The molecule has 5 nitrogen and oxygen atoms in total. The van der Waals surface area contributed by atoms with Crippen molar-refractivity contribution in [1.29, 1.82) is 0 Å². The smallest absolute Gasteiger partial charge is 0.249 e. The van der Waals surface area contributed by atoms with E-state index in [0.29, 0.717) is 6.61 Å². The Labute approximate surface area is 107 Å². The Balaban J connectivity index is 2.08. The number of likely N-dealkylation sites (tertiary alicyclic amines) is 1. The van der Waals surface area contributed by atoms with Gasteiger partial charge >= 0.3 is 0 Å². The number of aryl methyl sites for hydroxylation is 1. The van der Waals surface area contributed by atoms with E-state index in [1.165, 1.54) is 0 Å². The van der Waals surface area contributed by atoms with Crippen LogP contribution in [-0.4, -0.2) is 35.7 Å². The quantitative estimate of drug-likeness (QED) is 0.823. The van der Waals surface area contributed by atoms with E-state index >= 15 is 0 Å². The van der Waals surface area contributed by atoms with Gasteiger partial charge in [-0.2, -0.15) is 0 Å². The SMILES string of the molecule is CCOCC(=O)N1CCCC[C@H]1c1cc(C)on1. The summed E-state index contributed by atoms with van der Waals surface area (Å²) >= 11 is 0. The number of nitrogens with zero attached hydrogens (tertiary/aromatic N) is 2. The lowest BCUT2D eigenvalue weighted by atomic mass is 9.99. The predicted molar refractivity (Wildman–Crippen MR) is 66.0 cm³/mol. The van der Waals surface area contributed by atoms with Crippen LogP contribution in [0.15, 0.2) is 10.6 Å². The van der Waals surface area contributed by atoms with Crippen LogP contribution >= 0.6 is 0 Å². The maximum Gasteiger partial charge on any atom is 0.249 e. The lowest BCUT2D eigenvalue weighted by Crippen LogP contribution is -2.40. The fraction of sp³-hybridized carbons (Fsp3) is 0.692. The number of rotatable bonds is 4. The zero-order valence-electron chi connectivity index (χ0n) is 11.0. The van der Waals surface area contributed by atoms with Crippen molar-refractivity contribution in [3.63, 3.8) is 0 Å². The van der Waals surface area contributed by atoms with E-state index in [1.807, 2.05) is 24.8 Å². The summed E-state index contributed by atoms with van der Waals surface area (Å²) in [5, 5.41) is 4.04. The van der Waals surface area contributed by atoms with Gasteiger partial charge in [0.05, 0.1) is 6.04 Å². The number of amides is 1. The second-order valence-electron chi connectivity index (χ2n) is 4.60. The minimum Gasteiger partial charge on any atom is -0.372 e. The molecule has 0 aliphatic carbocycles.